The fraction of sp³-hybridized carbons (Fsp3) is 0.400. The lowest BCUT2D eigenvalue weighted by Crippen LogP contribution is -2.40. The van der Waals surface area contributed by atoms with Gasteiger partial charge in [-0.05, 0) is 25.8 Å². The van der Waals surface area contributed by atoms with Gasteiger partial charge in [0.25, 0.3) is 0 Å². The Labute approximate surface area is 117 Å². The van der Waals surface area contributed by atoms with Crippen LogP contribution in [0.5, 0.6) is 0 Å². The van der Waals surface area contributed by atoms with Crippen LogP contribution in [0.25, 0.3) is 11.1 Å². The number of H-pyrrole nitrogens is 1. The van der Waals surface area contributed by atoms with Crippen molar-refractivity contribution in [2.75, 3.05) is 18.0 Å². The molecule has 0 radical (unpaired) electrons. The van der Waals surface area contributed by atoms with Gasteiger partial charge in [0.2, 0.25) is 0 Å². The minimum Gasteiger partial charge on any atom is -0.355 e. The van der Waals surface area contributed by atoms with E-state index in [9.17, 15) is 4.39 Å². The number of piperidine rings is 1. The Kier molecular flexibility index (Phi) is 3.44. The number of nitrogens with one attached hydrogen (secondary N) is 1. The predicted molar refractivity (Wildman–Crippen MR) is 78.1 cm³/mol. The summed E-state index contributed by atoms with van der Waals surface area (Å²) < 4.78 is 14.1. The summed E-state index contributed by atoms with van der Waals surface area (Å²) >= 11 is 0. The first-order valence-electron chi connectivity index (χ1n) is 6.97. The zero-order chi connectivity index (χ0) is 14.1. The molecule has 5 heteroatoms. The van der Waals surface area contributed by atoms with Gasteiger partial charge < -0.3 is 10.6 Å². The molecule has 0 spiro atoms. The van der Waals surface area contributed by atoms with Crippen LogP contribution in [0.4, 0.5) is 10.2 Å². The minimum atomic E-state index is -0.216. The molecule has 1 aliphatic rings. The van der Waals surface area contributed by atoms with Crippen LogP contribution in [-0.4, -0.2) is 29.3 Å². The third kappa shape index (κ3) is 2.29. The number of benzene rings is 1. The predicted octanol–water partition coefficient (Wildman–Crippen LogP) is 2.45. The molecule has 106 valence electrons. The van der Waals surface area contributed by atoms with E-state index in [4.69, 9.17) is 5.73 Å². The molecular formula is C15H19FN4. The molecule has 1 aromatic heterocycles. The molecular weight excluding hydrogens is 255 g/mol. The molecule has 0 saturated carbocycles. The number of nitrogens with zero attached hydrogens (tertiary/aromatic N) is 2. The van der Waals surface area contributed by atoms with Crippen LogP contribution in [-0.2, 0) is 0 Å². The van der Waals surface area contributed by atoms with Gasteiger partial charge in [0.15, 0.2) is 5.82 Å². The van der Waals surface area contributed by atoms with E-state index >= 15 is 0 Å². The van der Waals surface area contributed by atoms with Crippen LogP contribution in [0.2, 0.25) is 0 Å². The zero-order valence-corrected chi connectivity index (χ0v) is 11.6. The second-order valence-corrected chi connectivity index (χ2v) is 5.35. The molecule has 0 amide bonds. The Morgan fingerprint density at radius 2 is 2.00 bits per heavy atom. The Balaban J connectivity index is 2.00. The van der Waals surface area contributed by atoms with Crippen molar-refractivity contribution in [2.24, 2.45) is 5.73 Å². The monoisotopic (exact) mass is 274 g/mol. The van der Waals surface area contributed by atoms with Gasteiger partial charge in [-0.3, -0.25) is 5.10 Å². The minimum absolute atomic E-state index is 0.216. The highest BCUT2D eigenvalue weighted by atomic mass is 19.1. The molecule has 3 rings (SSSR count). The van der Waals surface area contributed by atoms with E-state index in [-0.39, 0.29) is 11.9 Å². The highest BCUT2D eigenvalue weighted by Crippen LogP contribution is 2.34. The van der Waals surface area contributed by atoms with Crippen molar-refractivity contribution in [2.45, 2.75) is 25.8 Å². The molecule has 0 bridgehead atoms. The van der Waals surface area contributed by atoms with E-state index in [1.807, 2.05) is 13.0 Å². The number of aryl methyl sites for hydroxylation is 1. The van der Waals surface area contributed by atoms with Crippen LogP contribution in [0, 0.1) is 12.7 Å². The maximum Gasteiger partial charge on any atom is 0.158 e. The van der Waals surface area contributed by atoms with E-state index < -0.39 is 0 Å². The fourth-order valence-corrected chi connectivity index (χ4v) is 2.74. The number of aromatic amines is 1. The molecule has 4 nitrogen and oxygen atoms in total. The topological polar surface area (TPSA) is 57.9 Å². The first-order chi connectivity index (χ1) is 9.66. The summed E-state index contributed by atoms with van der Waals surface area (Å²) in [6.45, 7) is 3.66. The molecule has 3 N–H and O–H groups in total. The number of aromatic nitrogens is 2. The van der Waals surface area contributed by atoms with Crippen molar-refractivity contribution >= 4 is 5.82 Å². The molecule has 1 aromatic carbocycles. The number of anilines is 1. The van der Waals surface area contributed by atoms with Gasteiger partial charge in [-0.1, -0.05) is 18.2 Å². The van der Waals surface area contributed by atoms with Crippen molar-refractivity contribution in [1.82, 2.24) is 10.2 Å². The Bertz CT molecular complexity index is 600. The number of nitrogens with two attached hydrogens (primary N) is 1. The summed E-state index contributed by atoms with van der Waals surface area (Å²) in [6, 6.07) is 7.10. The molecule has 0 unspecified atom stereocenters. The first-order valence-corrected chi connectivity index (χ1v) is 6.97. The molecule has 2 heterocycles. The Hall–Kier alpha value is -1.88. The van der Waals surface area contributed by atoms with Crippen LogP contribution in [0.15, 0.2) is 24.3 Å². The van der Waals surface area contributed by atoms with E-state index in [0.29, 0.717) is 5.56 Å². The zero-order valence-electron chi connectivity index (χ0n) is 11.6. The maximum absolute atomic E-state index is 14.1. The van der Waals surface area contributed by atoms with Gasteiger partial charge in [-0.15, -0.1) is 0 Å². The summed E-state index contributed by atoms with van der Waals surface area (Å²) in [5.74, 6) is 0.617. The third-order valence-corrected chi connectivity index (χ3v) is 3.91. The lowest BCUT2D eigenvalue weighted by molar-refractivity contribution is 0.498. The maximum atomic E-state index is 14.1. The van der Waals surface area contributed by atoms with Crippen LogP contribution >= 0.6 is 0 Å². The molecule has 1 fully saturated rings. The van der Waals surface area contributed by atoms with Crippen LogP contribution < -0.4 is 10.6 Å². The lowest BCUT2D eigenvalue weighted by atomic mass is 10.0. The molecule has 1 aliphatic heterocycles. The molecule has 20 heavy (non-hydrogen) atoms. The fourth-order valence-electron chi connectivity index (χ4n) is 2.74. The van der Waals surface area contributed by atoms with Crippen LogP contribution in [0.1, 0.15) is 18.5 Å². The van der Waals surface area contributed by atoms with Gasteiger partial charge in [-0.2, -0.15) is 5.10 Å². The average Bonchev–Trinajstić information content (AvgIpc) is 2.82. The van der Waals surface area contributed by atoms with Gasteiger partial charge in [0.1, 0.15) is 5.82 Å². The Morgan fingerprint density at radius 3 is 2.70 bits per heavy atom. The number of halogens is 1. The van der Waals surface area contributed by atoms with Crippen molar-refractivity contribution in [1.29, 1.82) is 0 Å². The van der Waals surface area contributed by atoms with E-state index in [0.717, 1.165) is 43.0 Å². The normalized spacial score (nSPS) is 16.6. The smallest absolute Gasteiger partial charge is 0.158 e. The Morgan fingerprint density at radius 1 is 1.30 bits per heavy atom. The van der Waals surface area contributed by atoms with E-state index in [1.165, 1.54) is 6.07 Å². The first kappa shape index (κ1) is 13.1. The summed E-state index contributed by atoms with van der Waals surface area (Å²) in [5.41, 5.74) is 8.29. The second kappa shape index (κ2) is 5.25. The van der Waals surface area contributed by atoms with Gasteiger partial charge in [-0.25, -0.2) is 4.39 Å². The highest BCUT2D eigenvalue weighted by Gasteiger charge is 2.23. The number of hydrogen-bond donors (Lipinski definition) is 2. The lowest BCUT2D eigenvalue weighted by Gasteiger charge is -2.31. The van der Waals surface area contributed by atoms with Crippen molar-refractivity contribution in [3.63, 3.8) is 0 Å². The van der Waals surface area contributed by atoms with Gasteiger partial charge >= 0.3 is 0 Å². The number of hydrogen-bond acceptors (Lipinski definition) is 3. The molecule has 0 aliphatic carbocycles. The van der Waals surface area contributed by atoms with Gasteiger partial charge in [0, 0.05) is 36.0 Å². The average molecular weight is 274 g/mol. The van der Waals surface area contributed by atoms with Crippen molar-refractivity contribution in [3.05, 3.63) is 35.8 Å². The van der Waals surface area contributed by atoms with Crippen LogP contribution in [0.3, 0.4) is 0 Å². The summed E-state index contributed by atoms with van der Waals surface area (Å²) in [6.07, 6.45) is 1.89. The highest BCUT2D eigenvalue weighted by molar-refractivity contribution is 5.78. The summed E-state index contributed by atoms with van der Waals surface area (Å²) in [7, 11) is 0. The number of rotatable bonds is 2. The summed E-state index contributed by atoms with van der Waals surface area (Å²) in [5, 5.41) is 7.36. The molecule has 2 aromatic rings. The largest absolute Gasteiger partial charge is 0.355 e. The molecule has 0 atom stereocenters. The second-order valence-electron chi connectivity index (χ2n) is 5.35. The molecule has 1 saturated heterocycles. The quantitative estimate of drug-likeness (QED) is 0.884. The third-order valence-electron chi connectivity index (χ3n) is 3.91. The van der Waals surface area contributed by atoms with Gasteiger partial charge in [0.05, 0.1) is 0 Å². The SMILES string of the molecule is Cc1[nH]nc(N2CCC(N)CC2)c1-c1ccccc1F. The van der Waals surface area contributed by atoms with Crippen molar-refractivity contribution in [3.8, 4) is 11.1 Å². The summed E-state index contributed by atoms with van der Waals surface area (Å²) in [4.78, 5) is 2.19. The van der Waals surface area contributed by atoms with E-state index in [1.54, 1.807) is 12.1 Å². The standard InChI is InChI=1S/C15H19FN4/c1-10-14(12-4-2-3-5-13(12)16)15(19-18-10)20-8-6-11(17)7-9-20/h2-5,11H,6-9,17H2,1H3,(H,18,19). The van der Waals surface area contributed by atoms with E-state index in [2.05, 4.69) is 15.1 Å². The van der Waals surface area contributed by atoms with Crippen molar-refractivity contribution < 1.29 is 4.39 Å².